The minimum atomic E-state index is -1.66. The van der Waals surface area contributed by atoms with Gasteiger partial charge in [0.25, 0.3) is 0 Å². The van der Waals surface area contributed by atoms with E-state index >= 15 is 0 Å². The molecule has 1 heterocycles. The van der Waals surface area contributed by atoms with Gasteiger partial charge in [0, 0.05) is 6.54 Å². The SMILES string of the molecule is CC1CCN(CCCOc2ccc(B(O)O)cc2F)CC1.Cl. The Bertz CT molecular complexity index is 456. The van der Waals surface area contributed by atoms with Gasteiger partial charge in [-0.25, -0.2) is 4.39 Å². The van der Waals surface area contributed by atoms with E-state index in [0.717, 1.165) is 38.0 Å². The molecule has 1 aromatic carbocycles. The van der Waals surface area contributed by atoms with Crippen LogP contribution >= 0.6 is 12.4 Å². The number of likely N-dealkylation sites (tertiary alicyclic amines) is 1. The highest BCUT2D eigenvalue weighted by atomic mass is 35.5. The molecule has 1 aromatic rings. The molecule has 1 fully saturated rings. The van der Waals surface area contributed by atoms with Crippen LogP contribution in [-0.4, -0.2) is 48.3 Å². The number of hydrogen-bond acceptors (Lipinski definition) is 4. The number of nitrogens with zero attached hydrogens (tertiary/aromatic N) is 1. The molecular weight excluding hydrogens is 307 g/mol. The molecule has 1 saturated heterocycles. The molecule has 0 unspecified atom stereocenters. The van der Waals surface area contributed by atoms with Gasteiger partial charge in [-0.05, 0) is 55.9 Å². The standard InChI is InChI=1S/C15H23BFNO3.ClH/c1-12-5-8-18(9-6-12)7-2-10-21-15-4-3-13(16(19)20)11-14(15)17;/h3-4,11-12,19-20H,2,5-10H2,1H3;1H. The molecular formula is C15H24BClFNO3. The summed E-state index contributed by atoms with van der Waals surface area (Å²) in [4.78, 5) is 2.42. The van der Waals surface area contributed by atoms with Crippen LogP contribution in [0.25, 0.3) is 0 Å². The van der Waals surface area contributed by atoms with Crippen LogP contribution in [0.15, 0.2) is 18.2 Å². The first kappa shape index (κ1) is 19.2. The molecule has 0 aromatic heterocycles. The Morgan fingerprint density at radius 3 is 2.59 bits per heavy atom. The lowest BCUT2D eigenvalue weighted by Crippen LogP contribution is -2.34. The summed E-state index contributed by atoms with van der Waals surface area (Å²) in [5, 5.41) is 17.9. The third-order valence-electron chi connectivity index (χ3n) is 4.01. The normalized spacial score (nSPS) is 16.2. The fraction of sp³-hybridized carbons (Fsp3) is 0.600. The molecule has 1 aliphatic heterocycles. The topological polar surface area (TPSA) is 52.9 Å². The molecule has 0 saturated carbocycles. The quantitative estimate of drug-likeness (QED) is 0.612. The van der Waals surface area contributed by atoms with Crippen LogP contribution in [0.5, 0.6) is 5.75 Å². The fourth-order valence-electron chi connectivity index (χ4n) is 2.55. The maximum absolute atomic E-state index is 13.7. The lowest BCUT2D eigenvalue weighted by molar-refractivity contribution is 0.176. The van der Waals surface area contributed by atoms with Gasteiger partial charge in [0.05, 0.1) is 6.61 Å². The fourth-order valence-corrected chi connectivity index (χ4v) is 2.55. The van der Waals surface area contributed by atoms with Crippen molar-refractivity contribution in [2.24, 2.45) is 5.92 Å². The van der Waals surface area contributed by atoms with E-state index in [1.54, 1.807) is 0 Å². The monoisotopic (exact) mass is 331 g/mol. The van der Waals surface area contributed by atoms with Gasteiger partial charge in [0.15, 0.2) is 11.6 Å². The Kier molecular flexibility index (Phi) is 8.18. The van der Waals surface area contributed by atoms with Crippen molar-refractivity contribution in [3.8, 4) is 5.75 Å². The zero-order valence-corrected chi connectivity index (χ0v) is 13.7. The highest BCUT2D eigenvalue weighted by Gasteiger charge is 2.16. The molecule has 22 heavy (non-hydrogen) atoms. The summed E-state index contributed by atoms with van der Waals surface area (Å²) in [5.74, 6) is 0.422. The van der Waals surface area contributed by atoms with Crippen molar-refractivity contribution in [1.82, 2.24) is 4.90 Å². The van der Waals surface area contributed by atoms with Gasteiger partial charge >= 0.3 is 7.12 Å². The molecule has 0 aliphatic carbocycles. The first-order valence-corrected chi connectivity index (χ1v) is 7.57. The van der Waals surface area contributed by atoms with Crippen molar-refractivity contribution in [3.05, 3.63) is 24.0 Å². The molecule has 2 N–H and O–H groups in total. The summed E-state index contributed by atoms with van der Waals surface area (Å²) >= 11 is 0. The molecule has 2 rings (SSSR count). The van der Waals surface area contributed by atoms with Crippen molar-refractivity contribution >= 4 is 25.0 Å². The van der Waals surface area contributed by atoms with Gasteiger partial charge < -0.3 is 19.7 Å². The van der Waals surface area contributed by atoms with Gasteiger partial charge in [0.2, 0.25) is 0 Å². The average molecular weight is 332 g/mol. The molecule has 124 valence electrons. The zero-order valence-electron chi connectivity index (χ0n) is 12.9. The lowest BCUT2D eigenvalue weighted by Gasteiger charge is -2.30. The van der Waals surface area contributed by atoms with Crippen LogP contribution in [0, 0.1) is 11.7 Å². The molecule has 0 spiro atoms. The van der Waals surface area contributed by atoms with Crippen molar-refractivity contribution in [1.29, 1.82) is 0 Å². The molecule has 1 aliphatic rings. The summed E-state index contributed by atoms with van der Waals surface area (Å²) in [6.45, 7) is 6.00. The molecule has 0 radical (unpaired) electrons. The van der Waals surface area contributed by atoms with Gasteiger partial charge in [-0.3, -0.25) is 0 Å². The van der Waals surface area contributed by atoms with E-state index in [2.05, 4.69) is 11.8 Å². The van der Waals surface area contributed by atoms with Crippen molar-refractivity contribution in [3.63, 3.8) is 0 Å². The predicted molar refractivity (Wildman–Crippen MR) is 88.4 cm³/mol. The highest BCUT2D eigenvalue weighted by molar-refractivity contribution is 6.58. The van der Waals surface area contributed by atoms with Crippen molar-refractivity contribution < 1.29 is 19.2 Å². The number of piperidine rings is 1. The van der Waals surface area contributed by atoms with Crippen LogP contribution in [0.3, 0.4) is 0 Å². The second-order valence-corrected chi connectivity index (χ2v) is 5.79. The lowest BCUT2D eigenvalue weighted by atomic mass is 9.80. The van der Waals surface area contributed by atoms with E-state index in [1.165, 1.54) is 25.0 Å². The third kappa shape index (κ3) is 5.76. The first-order valence-electron chi connectivity index (χ1n) is 7.57. The Balaban J connectivity index is 0.00000242. The predicted octanol–water partition coefficient (Wildman–Crippen LogP) is 1.43. The van der Waals surface area contributed by atoms with E-state index in [0.29, 0.717) is 6.61 Å². The second-order valence-electron chi connectivity index (χ2n) is 5.79. The van der Waals surface area contributed by atoms with E-state index in [9.17, 15) is 4.39 Å². The van der Waals surface area contributed by atoms with E-state index in [1.807, 2.05) is 0 Å². The van der Waals surface area contributed by atoms with Crippen LogP contribution in [0.2, 0.25) is 0 Å². The van der Waals surface area contributed by atoms with E-state index in [4.69, 9.17) is 14.8 Å². The second kappa shape index (κ2) is 9.35. The number of hydrogen-bond donors (Lipinski definition) is 2. The highest BCUT2D eigenvalue weighted by Crippen LogP contribution is 2.17. The molecule has 7 heteroatoms. The summed E-state index contributed by atoms with van der Waals surface area (Å²) in [7, 11) is -1.66. The largest absolute Gasteiger partial charge is 0.490 e. The molecule has 0 atom stereocenters. The number of benzene rings is 1. The Morgan fingerprint density at radius 2 is 2.00 bits per heavy atom. The zero-order chi connectivity index (χ0) is 15.2. The minimum Gasteiger partial charge on any atom is -0.490 e. The maximum Gasteiger partial charge on any atom is 0.488 e. The minimum absolute atomic E-state index is 0. The number of ether oxygens (including phenoxy) is 1. The van der Waals surface area contributed by atoms with Crippen LogP contribution in [0.1, 0.15) is 26.2 Å². The molecule has 0 amide bonds. The number of rotatable bonds is 6. The average Bonchev–Trinajstić information content (AvgIpc) is 2.46. The molecule has 0 bridgehead atoms. The summed E-state index contributed by atoms with van der Waals surface area (Å²) in [6, 6.07) is 3.98. The summed E-state index contributed by atoms with van der Waals surface area (Å²) in [5.41, 5.74) is 0.127. The van der Waals surface area contributed by atoms with E-state index in [-0.39, 0.29) is 23.6 Å². The number of halogens is 2. The van der Waals surface area contributed by atoms with Crippen molar-refractivity contribution in [2.75, 3.05) is 26.2 Å². The van der Waals surface area contributed by atoms with Gasteiger partial charge in [-0.2, -0.15) is 0 Å². The van der Waals surface area contributed by atoms with E-state index < -0.39 is 12.9 Å². The van der Waals surface area contributed by atoms with Crippen LogP contribution in [0.4, 0.5) is 4.39 Å². The van der Waals surface area contributed by atoms with Crippen LogP contribution < -0.4 is 10.2 Å². The Morgan fingerprint density at radius 1 is 1.32 bits per heavy atom. The molecule has 4 nitrogen and oxygen atoms in total. The smallest absolute Gasteiger partial charge is 0.488 e. The van der Waals surface area contributed by atoms with Gasteiger partial charge in [-0.15, -0.1) is 12.4 Å². The Labute approximate surface area is 137 Å². The summed E-state index contributed by atoms with van der Waals surface area (Å²) < 4.78 is 19.1. The van der Waals surface area contributed by atoms with Gasteiger partial charge in [0.1, 0.15) is 0 Å². The van der Waals surface area contributed by atoms with Gasteiger partial charge in [-0.1, -0.05) is 13.0 Å². The first-order chi connectivity index (χ1) is 10.1. The third-order valence-corrected chi connectivity index (χ3v) is 4.01. The maximum atomic E-state index is 13.7. The Hall–Kier alpha value is -0.815. The van der Waals surface area contributed by atoms with Crippen LogP contribution in [-0.2, 0) is 0 Å². The van der Waals surface area contributed by atoms with Crippen molar-refractivity contribution in [2.45, 2.75) is 26.2 Å². The summed E-state index contributed by atoms with van der Waals surface area (Å²) in [6.07, 6.45) is 3.36.